The van der Waals surface area contributed by atoms with Crippen LogP contribution in [0, 0.1) is 0 Å². The van der Waals surface area contributed by atoms with Gasteiger partial charge in [-0.3, -0.25) is 9.80 Å². The van der Waals surface area contributed by atoms with Crippen LogP contribution in [-0.2, 0) is 19.5 Å². The van der Waals surface area contributed by atoms with Crippen molar-refractivity contribution in [2.75, 3.05) is 40.5 Å². The molecule has 1 aliphatic rings. The van der Waals surface area contributed by atoms with E-state index in [2.05, 4.69) is 53.1 Å². The quantitative estimate of drug-likeness (QED) is 0.702. The van der Waals surface area contributed by atoms with Crippen molar-refractivity contribution in [3.8, 4) is 11.5 Å². The van der Waals surface area contributed by atoms with E-state index in [0.717, 1.165) is 57.1 Å². The fraction of sp³-hybridized carbons (Fsp3) is 0.500. The van der Waals surface area contributed by atoms with Crippen molar-refractivity contribution >= 4 is 0 Å². The van der Waals surface area contributed by atoms with Gasteiger partial charge in [0.2, 0.25) is 0 Å². The number of rotatable bonds is 9. The van der Waals surface area contributed by atoms with Gasteiger partial charge in [-0.1, -0.05) is 31.2 Å². The van der Waals surface area contributed by atoms with Crippen LogP contribution >= 0.6 is 0 Å². The van der Waals surface area contributed by atoms with Crippen molar-refractivity contribution in [3.05, 3.63) is 59.2 Å². The summed E-state index contributed by atoms with van der Waals surface area (Å²) in [7, 11) is 3.36. The van der Waals surface area contributed by atoms with Crippen LogP contribution in [0.1, 0.15) is 30.0 Å². The fourth-order valence-corrected chi connectivity index (χ4v) is 4.06. The molecular formula is C24H34N2O3. The summed E-state index contributed by atoms with van der Waals surface area (Å²) in [6.07, 6.45) is 1.86. The number of methoxy groups -OCH3 is 2. The molecule has 0 radical (unpaired) electrons. The molecule has 158 valence electrons. The van der Waals surface area contributed by atoms with E-state index in [1.54, 1.807) is 14.2 Å². The normalized spacial score (nSPS) is 18.0. The van der Waals surface area contributed by atoms with Crippen molar-refractivity contribution in [1.29, 1.82) is 0 Å². The first kappa shape index (κ1) is 21.6. The summed E-state index contributed by atoms with van der Waals surface area (Å²) in [4.78, 5) is 4.98. The molecule has 2 aromatic carbocycles. The molecule has 1 fully saturated rings. The Morgan fingerprint density at radius 3 is 2.14 bits per heavy atom. The molecule has 3 rings (SSSR count). The summed E-state index contributed by atoms with van der Waals surface area (Å²) in [5.74, 6) is 1.62. The molecule has 0 aliphatic carbocycles. The third-order valence-electron chi connectivity index (χ3n) is 5.79. The Balaban J connectivity index is 1.65. The number of benzene rings is 2. The molecule has 1 N–H and O–H groups in total. The average Bonchev–Trinajstić information content (AvgIpc) is 2.76. The number of hydrogen-bond donors (Lipinski definition) is 1. The van der Waals surface area contributed by atoms with E-state index >= 15 is 0 Å². The first-order chi connectivity index (χ1) is 14.1. The number of hydrogen-bond acceptors (Lipinski definition) is 5. The lowest BCUT2D eigenvalue weighted by Gasteiger charge is -2.41. The lowest BCUT2D eigenvalue weighted by Crippen LogP contribution is -2.52. The fourth-order valence-electron chi connectivity index (χ4n) is 4.06. The molecule has 1 aliphatic heterocycles. The Hall–Kier alpha value is -2.08. The van der Waals surface area contributed by atoms with Crippen molar-refractivity contribution in [1.82, 2.24) is 9.80 Å². The van der Waals surface area contributed by atoms with Crippen LogP contribution in [-0.4, -0.2) is 61.4 Å². The molecule has 0 spiro atoms. The van der Waals surface area contributed by atoms with Gasteiger partial charge < -0.3 is 14.6 Å². The molecule has 5 nitrogen and oxygen atoms in total. The minimum atomic E-state index is 0.210. The highest BCUT2D eigenvalue weighted by Crippen LogP contribution is 2.25. The van der Waals surface area contributed by atoms with E-state index in [4.69, 9.17) is 9.47 Å². The molecule has 0 saturated carbocycles. The third kappa shape index (κ3) is 5.95. The zero-order chi connectivity index (χ0) is 20.6. The van der Waals surface area contributed by atoms with E-state index in [-0.39, 0.29) is 6.61 Å². The van der Waals surface area contributed by atoms with Crippen molar-refractivity contribution in [3.63, 3.8) is 0 Å². The Labute approximate surface area is 174 Å². The first-order valence-electron chi connectivity index (χ1n) is 10.5. The summed E-state index contributed by atoms with van der Waals surface area (Å²) in [6, 6.07) is 15.3. The zero-order valence-corrected chi connectivity index (χ0v) is 17.9. The van der Waals surface area contributed by atoms with Crippen LogP contribution in [0.15, 0.2) is 42.5 Å². The number of ether oxygens (including phenoxy) is 2. The number of piperazine rings is 1. The summed E-state index contributed by atoms with van der Waals surface area (Å²) in [6.45, 7) is 7.17. The molecule has 2 aromatic rings. The monoisotopic (exact) mass is 398 g/mol. The van der Waals surface area contributed by atoms with E-state index in [0.29, 0.717) is 6.04 Å². The second-order valence-electron chi connectivity index (χ2n) is 7.76. The van der Waals surface area contributed by atoms with Crippen LogP contribution in [0.2, 0.25) is 0 Å². The highest BCUT2D eigenvalue weighted by molar-refractivity contribution is 5.38. The van der Waals surface area contributed by atoms with E-state index in [9.17, 15) is 5.11 Å². The van der Waals surface area contributed by atoms with Gasteiger partial charge in [-0.25, -0.2) is 0 Å². The molecule has 0 bridgehead atoms. The molecule has 0 amide bonds. The second-order valence-corrected chi connectivity index (χ2v) is 7.76. The molecular weight excluding hydrogens is 364 g/mol. The third-order valence-corrected chi connectivity index (χ3v) is 5.79. The van der Waals surface area contributed by atoms with Gasteiger partial charge in [0.1, 0.15) is 11.5 Å². The topological polar surface area (TPSA) is 45.2 Å². The molecule has 1 saturated heterocycles. The highest BCUT2D eigenvalue weighted by atomic mass is 16.5. The van der Waals surface area contributed by atoms with Crippen molar-refractivity contribution in [2.24, 2.45) is 0 Å². The van der Waals surface area contributed by atoms with Gasteiger partial charge in [-0.15, -0.1) is 0 Å². The van der Waals surface area contributed by atoms with Crippen LogP contribution in [0.25, 0.3) is 0 Å². The molecule has 0 aromatic heterocycles. The highest BCUT2D eigenvalue weighted by Gasteiger charge is 2.27. The Bertz CT molecular complexity index is 741. The number of aliphatic hydroxyl groups excluding tert-OH is 1. The maximum absolute atomic E-state index is 9.62. The summed E-state index contributed by atoms with van der Waals surface area (Å²) < 4.78 is 10.8. The summed E-state index contributed by atoms with van der Waals surface area (Å²) in [5.41, 5.74) is 3.91. The minimum absolute atomic E-state index is 0.210. The maximum Gasteiger partial charge on any atom is 0.122 e. The maximum atomic E-state index is 9.62. The molecule has 0 unspecified atom stereocenters. The van der Waals surface area contributed by atoms with Gasteiger partial charge in [0.25, 0.3) is 0 Å². The van der Waals surface area contributed by atoms with Crippen LogP contribution in [0.3, 0.4) is 0 Å². The van der Waals surface area contributed by atoms with Crippen LogP contribution in [0.4, 0.5) is 0 Å². The number of aryl methyl sites for hydroxylation is 1. The second kappa shape index (κ2) is 10.6. The van der Waals surface area contributed by atoms with E-state index in [1.165, 1.54) is 16.7 Å². The van der Waals surface area contributed by atoms with E-state index < -0.39 is 0 Å². The Kier molecular flexibility index (Phi) is 7.92. The summed E-state index contributed by atoms with van der Waals surface area (Å²) in [5, 5.41) is 9.62. The van der Waals surface area contributed by atoms with Crippen LogP contribution in [0.5, 0.6) is 11.5 Å². The Morgan fingerprint density at radius 2 is 1.55 bits per heavy atom. The van der Waals surface area contributed by atoms with E-state index in [1.807, 2.05) is 6.07 Å². The van der Waals surface area contributed by atoms with Gasteiger partial charge in [-0.05, 0) is 41.7 Å². The largest absolute Gasteiger partial charge is 0.497 e. The molecule has 5 heteroatoms. The zero-order valence-electron chi connectivity index (χ0n) is 17.9. The van der Waals surface area contributed by atoms with Crippen LogP contribution < -0.4 is 9.47 Å². The van der Waals surface area contributed by atoms with Gasteiger partial charge in [0.15, 0.2) is 0 Å². The predicted octanol–water partition coefficient (Wildman–Crippen LogP) is 3.34. The predicted molar refractivity (Wildman–Crippen MR) is 117 cm³/mol. The Morgan fingerprint density at radius 1 is 0.897 bits per heavy atom. The average molecular weight is 399 g/mol. The summed E-state index contributed by atoms with van der Waals surface area (Å²) >= 11 is 0. The van der Waals surface area contributed by atoms with Gasteiger partial charge in [-0.2, -0.15) is 0 Å². The van der Waals surface area contributed by atoms with Gasteiger partial charge in [0, 0.05) is 51.4 Å². The molecule has 1 heterocycles. The first-order valence-corrected chi connectivity index (χ1v) is 10.5. The van der Waals surface area contributed by atoms with Crippen molar-refractivity contribution < 1.29 is 14.6 Å². The minimum Gasteiger partial charge on any atom is -0.497 e. The lowest BCUT2D eigenvalue weighted by molar-refractivity contribution is 0.0499. The molecule has 1 atom stereocenters. The SMILES string of the molecule is CCc1ccc(CN2CCN(Cc3cc(OC)cc(OC)c3)[C@@H](CCO)C2)cc1. The number of aliphatic hydroxyl groups is 1. The number of nitrogens with zero attached hydrogens (tertiary/aromatic N) is 2. The van der Waals surface area contributed by atoms with Crippen molar-refractivity contribution in [2.45, 2.75) is 38.9 Å². The van der Waals surface area contributed by atoms with Gasteiger partial charge >= 0.3 is 0 Å². The standard InChI is InChI=1S/C24H34N2O3/c1-4-19-5-7-20(8-6-19)16-25-10-11-26(22(18-25)9-12-27)17-21-13-23(28-2)15-24(14-21)29-3/h5-8,13-15,22,27H,4,9-12,16-18H2,1-3H3/t22-/m0/s1. The lowest BCUT2D eigenvalue weighted by atomic mass is 10.0. The molecule has 29 heavy (non-hydrogen) atoms. The smallest absolute Gasteiger partial charge is 0.122 e. The van der Waals surface area contributed by atoms with Gasteiger partial charge in [0.05, 0.1) is 14.2 Å².